The van der Waals surface area contributed by atoms with Gasteiger partial charge in [-0.3, -0.25) is 14.4 Å². The normalized spacial score (nSPS) is 23.2. The van der Waals surface area contributed by atoms with Crippen LogP contribution in [0.15, 0.2) is 24.5 Å². The molecular weight excluding hydrogens is 432 g/mol. The average molecular weight is 463 g/mol. The van der Waals surface area contributed by atoms with E-state index in [-0.39, 0.29) is 23.4 Å². The van der Waals surface area contributed by atoms with E-state index in [1.807, 2.05) is 12.1 Å². The molecule has 9 nitrogen and oxygen atoms in total. The first-order valence-electron chi connectivity index (χ1n) is 12.1. The quantitative estimate of drug-likeness (QED) is 0.671. The van der Waals surface area contributed by atoms with Crippen LogP contribution in [0.2, 0.25) is 0 Å². The van der Waals surface area contributed by atoms with Crippen molar-refractivity contribution in [1.82, 2.24) is 15.0 Å². The maximum Gasteiger partial charge on any atom is 0.228 e. The topological polar surface area (TPSA) is 108 Å². The maximum absolute atomic E-state index is 13.4. The van der Waals surface area contributed by atoms with Gasteiger partial charge in [-0.2, -0.15) is 0 Å². The van der Waals surface area contributed by atoms with Crippen LogP contribution >= 0.6 is 0 Å². The number of piperidine rings is 1. The van der Waals surface area contributed by atoms with Crippen molar-refractivity contribution in [2.45, 2.75) is 57.4 Å². The van der Waals surface area contributed by atoms with Crippen LogP contribution in [0.25, 0.3) is 0 Å². The molecule has 4 heterocycles. The SMILES string of the molecule is CC(=O)C1C(=O)C(C2CCCC2)c2nc(Nc3ccc(N4CCC(=O)CC4)cn3)ncc2N1C. The number of aromatic nitrogens is 3. The molecule has 1 N–H and O–H groups in total. The lowest BCUT2D eigenvalue weighted by atomic mass is 9.77. The van der Waals surface area contributed by atoms with Crippen molar-refractivity contribution < 1.29 is 14.4 Å². The number of nitrogens with one attached hydrogen (secondary N) is 1. The Balaban J connectivity index is 1.40. The highest BCUT2D eigenvalue weighted by atomic mass is 16.2. The predicted octanol–water partition coefficient (Wildman–Crippen LogP) is 3.03. The summed E-state index contributed by atoms with van der Waals surface area (Å²) in [6.07, 6.45) is 8.78. The molecule has 1 saturated carbocycles. The minimum Gasteiger partial charge on any atom is -0.369 e. The molecule has 0 bridgehead atoms. The van der Waals surface area contributed by atoms with E-state index < -0.39 is 6.04 Å². The predicted molar refractivity (Wildman–Crippen MR) is 129 cm³/mol. The van der Waals surface area contributed by atoms with Crippen LogP contribution in [-0.2, 0) is 14.4 Å². The molecule has 178 valence electrons. The number of hydrogen-bond acceptors (Lipinski definition) is 9. The van der Waals surface area contributed by atoms with E-state index in [1.165, 1.54) is 6.92 Å². The fraction of sp³-hybridized carbons (Fsp3) is 0.520. The fourth-order valence-corrected chi connectivity index (χ4v) is 5.58. The van der Waals surface area contributed by atoms with Crippen LogP contribution in [0.3, 0.4) is 0 Å². The summed E-state index contributed by atoms with van der Waals surface area (Å²) < 4.78 is 0. The number of nitrogens with zero attached hydrogens (tertiary/aromatic N) is 5. The molecule has 1 saturated heterocycles. The summed E-state index contributed by atoms with van der Waals surface area (Å²) in [5.41, 5.74) is 2.42. The van der Waals surface area contributed by atoms with Gasteiger partial charge in [0.15, 0.2) is 11.6 Å². The summed E-state index contributed by atoms with van der Waals surface area (Å²) in [4.78, 5) is 54.8. The molecule has 2 atom stereocenters. The fourth-order valence-electron chi connectivity index (χ4n) is 5.58. The van der Waals surface area contributed by atoms with Crippen LogP contribution in [0.5, 0.6) is 0 Å². The Kier molecular flexibility index (Phi) is 6.02. The van der Waals surface area contributed by atoms with Crippen LogP contribution in [0, 0.1) is 5.92 Å². The number of anilines is 4. The molecule has 0 spiro atoms. The third-order valence-electron chi connectivity index (χ3n) is 7.37. The Morgan fingerprint density at radius 1 is 1.06 bits per heavy atom. The highest BCUT2D eigenvalue weighted by Gasteiger charge is 2.46. The van der Waals surface area contributed by atoms with Gasteiger partial charge in [0.25, 0.3) is 0 Å². The van der Waals surface area contributed by atoms with Gasteiger partial charge >= 0.3 is 0 Å². The van der Waals surface area contributed by atoms with Crippen molar-refractivity contribution in [2.75, 3.05) is 35.3 Å². The Morgan fingerprint density at radius 2 is 1.79 bits per heavy atom. The van der Waals surface area contributed by atoms with E-state index in [2.05, 4.69) is 20.2 Å². The number of pyridine rings is 1. The summed E-state index contributed by atoms with van der Waals surface area (Å²) in [5, 5.41) is 3.16. The summed E-state index contributed by atoms with van der Waals surface area (Å²) >= 11 is 0. The van der Waals surface area contributed by atoms with Crippen LogP contribution in [0.4, 0.5) is 23.1 Å². The first kappa shape index (κ1) is 22.4. The summed E-state index contributed by atoms with van der Waals surface area (Å²) in [6, 6.07) is 3.06. The van der Waals surface area contributed by atoms with Gasteiger partial charge < -0.3 is 15.1 Å². The largest absolute Gasteiger partial charge is 0.369 e. The number of likely N-dealkylation sites (N-methyl/N-ethyl adjacent to an activating group) is 1. The van der Waals surface area contributed by atoms with Gasteiger partial charge in [-0.1, -0.05) is 12.8 Å². The minimum absolute atomic E-state index is 0.0541. The first-order chi connectivity index (χ1) is 16.4. The zero-order valence-electron chi connectivity index (χ0n) is 19.7. The molecule has 34 heavy (non-hydrogen) atoms. The average Bonchev–Trinajstić information content (AvgIpc) is 3.34. The van der Waals surface area contributed by atoms with Gasteiger partial charge in [0.1, 0.15) is 17.6 Å². The summed E-state index contributed by atoms with van der Waals surface area (Å²) in [7, 11) is 1.76. The highest BCUT2D eigenvalue weighted by Crippen LogP contribution is 2.44. The molecule has 9 heteroatoms. The van der Waals surface area contributed by atoms with Gasteiger partial charge in [0.05, 0.1) is 35.4 Å². The van der Waals surface area contributed by atoms with E-state index in [9.17, 15) is 14.4 Å². The van der Waals surface area contributed by atoms with Gasteiger partial charge in [0.2, 0.25) is 5.95 Å². The van der Waals surface area contributed by atoms with Crippen molar-refractivity contribution >= 4 is 40.5 Å². The maximum atomic E-state index is 13.4. The zero-order chi connectivity index (χ0) is 23.8. The van der Waals surface area contributed by atoms with Crippen LogP contribution in [0.1, 0.15) is 57.1 Å². The van der Waals surface area contributed by atoms with Crippen LogP contribution < -0.4 is 15.1 Å². The third kappa shape index (κ3) is 4.15. The van der Waals surface area contributed by atoms with Crippen molar-refractivity contribution in [3.8, 4) is 0 Å². The Bertz CT molecular complexity index is 1100. The zero-order valence-corrected chi connectivity index (χ0v) is 19.7. The monoisotopic (exact) mass is 462 g/mol. The molecule has 0 aromatic carbocycles. The molecular formula is C25H30N6O3. The summed E-state index contributed by atoms with van der Waals surface area (Å²) in [6.45, 7) is 2.91. The van der Waals surface area contributed by atoms with E-state index >= 15 is 0 Å². The van der Waals surface area contributed by atoms with E-state index in [0.29, 0.717) is 49.2 Å². The smallest absolute Gasteiger partial charge is 0.228 e. The van der Waals surface area contributed by atoms with Crippen molar-refractivity contribution in [3.05, 3.63) is 30.2 Å². The van der Waals surface area contributed by atoms with Crippen molar-refractivity contribution in [3.63, 3.8) is 0 Å². The van der Waals surface area contributed by atoms with Gasteiger partial charge in [0, 0.05) is 33.0 Å². The second kappa shape index (κ2) is 9.12. The van der Waals surface area contributed by atoms with Crippen LogP contribution in [-0.4, -0.2) is 58.5 Å². The minimum atomic E-state index is -0.778. The molecule has 2 aliphatic heterocycles. The van der Waals surface area contributed by atoms with E-state index in [1.54, 1.807) is 24.3 Å². The van der Waals surface area contributed by atoms with Gasteiger partial charge in [-0.15, -0.1) is 0 Å². The van der Waals surface area contributed by atoms with Gasteiger partial charge in [-0.05, 0) is 37.8 Å². The molecule has 0 radical (unpaired) electrons. The molecule has 3 aliphatic rings. The number of Topliss-reactive ketones (excluding diaryl/α,β-unsaturated/α-hetero) is 3. The lowest BCUT2D eigenvalue weighted by Crippen LogP contribution is -2.51. The van der Waals surface area contributed by atoms with E-state index in [0.717, 1.165) is 37.1 Å². The molecule has 1 aliphatic carbocycles. The van der Waals surface area contributed by atoms with E-state index in [4.69, 9.17) is 4.98 Å². The first-order valence-corrected chi connectivity index (χ1v) is 12.1. The number of fused-ring (bicyclic) bond motifs is 1. The highest BCUT2D eigenvalue weighted by molar-refractivity contribution is 6.12. The molecule has 5 rings (SSSR count). The molecule has 2 fully saturated rings. The summed E-state index contributed by atoms with van der Waals surface area (Å²) in [5.74, 6) is 0.912. The number of carbonyl (C=O) groups excluding carboxylic acids is 3. The lowest BCUT2D eigenvalue weighted by Gasteiger charge is -2.38. The van der Waals surface area contributed by atoms with Crippen molar-refractivity contribution in [2.24, 2.45) is 5.92 Å². The Labute approximate surface area is 199 Å². The Morgan fingerprint density at radius 3 is 2.44 bits per heavy atom. The number of rotatable bonds is 5. The number of ketones is 3. The Hall–Kier alpha value is -3.36. The molecule has 2 unspecified atom stereocenters. The molecule has 2 aromatic heterocycles. The van der Waals surface area contributed by atoms with Crippen molar-refractivity contribution in [1.29, 1.82) is 0 Å². The standard InChI is InChI=1S/C25H30N6O3/c1-15(32)23-24(34)21(16-5-3-4-6-16)22-19(30(23)2)14-27-25(29-22)28-20-8-7-17(13-26-20)31-11-9-18(33)10-12-31/h7-8,13-14,16,21,23H,3-6,9-12H2,1-2H3,(H,26,27,28,29). The lowest BCUT2D eigenvalue weighted by molar-refractivity contribution is -0.130. The number of hydrogen-bond donors (Lipinski definition) is 1. The molecule has 0 amide bonds. The molecule has 2 aromatic rings. The number of carbonyl (C=O) groups is 3. The second-order valence-electron chi connectivity index (χ2n) is 9.57. The second-order valence-corrected chi connectivity index (χ2v) is 9.57. The van der Waals surface area contributed by atoms with Gasteiger partial charge in [-0.25, -0.2) is 15.0 Å². The third-order valence-corrected chi connectivity index (χ3v) is 7.37.